The summed E-state index contributed by atoms with van der Waals surface area (Å²) in [6.07, 6.45) is 1.70. The van der Waals surface area contributed by atoms with Crippen LogP contribution >= 0.6 is 11.6 Å². The van der Waals surface area contributed by atoms with E-state index in [1.54, 1.807) is 32.2 Å². The number of hydrogen-bond acceptors (Lipinski definition) is 4. The normalized spacial score (nSPS) is 10.8. The summed E-state index contributed by atoms with van der Waals surface area (Å²) in [7, 11) is -4.33. The molecule has 2 aromatic rings. The first-order valence-corrected chi connectivity index (χ1v) is 8.28. The molecular weight excluding hydrogens is 324 g/mol. The zero-order valence-corrected chi connectivity index (χ0v) is 14.5. The van der Waals surface area contributed by atoms with Gasteiger partial charge in [0.2, 0.25) is 6.20 Å². The van der Waals surface area contributed by atoms with Crippen LogP contribution in [0.4, 0.5) is 0 Å². The van der Waals surface area contributed by atoms with Crippen molar-refractivity contribution in [3.63, 3.8) is 0 Å². The standard InChI is InChI=1S/C9H12O3S.C6H8ClN2/c1-6-4-7(2)9(8(3)5-6)13(10,11)12;1-5-3-2-4-9(8)6(5)7/h4-5H,1-3H3,(H,10,11,12);2-4H,8H2,1H3/q;+1/p-1. The van der Waals surface area contributed by atoms with Gasteiger partial charge in [-0.2, -0.15) is 0 Å². The summed E-state index contributed by atoms with van der Waals surface area (Å²) < 4.78 is 33.9. The number of aryl methyl sites for hydroxylation is 4. The van der Waals surface area contributed by atoms with Crippen molar-refractivity contribution in [1.82, 2.24) is 0 Å². The summed E-state index contributed by atoms with van der Waals surface area (Å²) in [5.41, 5.74) is 2.99. The molecule has 1 heterocycles. The van der Waals surface area contributed by atoms with Gasteiger partial charge in [0, 0.05) is 11.6 Å². The van der Waals surface area contributed by atoms with Gasteiger partial charge in [0.15, 0.2) is 0 Å². The lowest BCUT2D eigenvalue weighted by molar-refractivity contribution is -0.636. The van der Waals surface area contributed by atoms with Gasteiger partial charge in [-0.3, -0.25) is 0 Å². The molecule has 120 valence electrons. The maximum atomic E-state index is 10.8. The van der Waals surface area contributed by atoms with E-state index in [0.29, 0.717) is 16.3 Å². The van der Waals surface area contributed by atoms with E-state index in [-0.39, 0.29) is 4.90 Å². The summed E-state index contributed by atoms with van der Waals surface area (Å²) in [5.74, 6) is 5.41. The lowest BCUT2D eigenvalue weighted by Gasteiger charge is -2.14. The van der Waals surface area contributed by atoms with Crippen molar-refractivity contribution < 1.29 is 17.6 Å². The summed E-state index contributed by atoms with van der Waals surface area (Å²) >= 11 is 5.72. The van der Waals surface area contributed by atoms with Gasteiger partial charge < -0.3 is 4.55 Å². The number of nitrogens with two attached hydrogens (primary N) is 1. The van der Waals surface area contributed by atoms with Crippen LogP contribution in [0.1, 0.15) is 22.3 Å². The molecule has 1 aromatic carbocycles. The lowest BCUT2D eigenvalue weighted by atomic mass is 10.1. The predicted molar refractivity (Wildman–Crippen MR) is 85.2 cm³/mol. The van der Waals surface area contributed by atoms with Crippen molar-refractivity contribution in [3.05, 3.63) is 57.9 Å². The number of nitrogen functional groups attached to an aromatic ring is 1. The Morgan fingerprint density at radius 3 is 1.95 bits per heavy atom. The van der Waals surface area contributed by atoms with Gasteiger partial charge in [-0.15, -0.1) is 0 Å². The number of nitrogens with zero attached hydrogens (tertiary/aromatic N) is 1. The summed E-state index contributed by atoms with van der Waals surface area (Å²) in [5, 5.41) is 0.581. The minimum atomic E-state index is -4.33. The minimum Gasteiger partial charge on any atom is -0.744 e. The minimum absolute atomic E-state index is 0.0851. The van der Waals surface area contributed by atoms with Crippen LogP contribution in [0.3, 0.4) is 0 Å². The Balaban J connectivity index is 0.000000235. The molecule has 0 amide bonds. The van der Waals surface area contributed by atoms with Crippen molar-refractivity contribution in [3.8, 4) is 0 Å². The number of pyridine rings is 1. The summed E-state index contributed by atoms with van der Waals surface area (Å²) in [4.78, 5) is -0.0851. The SMILES string of the molecule is Cc1cc(C)c(S(=O)(=O)[O-])c(C)c1.Cc1ccc[n+](N)c1Cl. The molecule has 0 saturated carbocycles. The molecule has 0 aliphatic rings. The second kappa shape index (κ2) is 7.09. The number of rotatable bonds is 1. The second-order valence-electron chi connectivity index (χ2n) is 5.07. The van der Waals surface area contributed by atoms with Crippen LogP contribution in [0.25, 0.3) is 0 Å². The summed E-state index contributed by atoms with van der Waals surface area (Å²) in [6, 6.07) is 7.14. The highest BCUT2D eigenvalue weighted by Gasteiger charge is 2.09. The highest BCUT2D eigenvalue weighted by Crippen LogP contribution is 2.20. The molecule has 5 nitrogen and oxygen atoms in total. The van der Waals surface area contributed by atoms with Gasteiger partial charge in [-0.25, -0.2) is 14.3 Å². The van der Waals surface area contributed by atoms with Gasteiger partial charge in [0.25, 0.3) is 0 Å². The van der Waals surface area contributed by atoms with Gasteiger partial charge >= 0.3 is 5.15 Å². The van der Waals surface area contributed by atoms with Gasteiger partial charge in [0.05, 0.1) is 4.90 Å². The number of aromatic nitrogens is 1. The Bertz CT molecular complexity index is 746. The monoisotopic (exact) mass is 342 g/mol. The van der Waals surface area contributed by atoms with Crippen LogP contribution in [0.5, 0.6) is 0 Å². The maximum Gasteiger partial charge on any atom is 0.306 e. The fraction of sp³-hybridized carbons (Fsp3) is 0.267. The van der Waals surface area contributed by atoms with E-state index in [1.165, 1.54) is 4.68 Å². The second-order valence-corrected chi connectivity index (χ2v) is 6.75. The molecule has 0 unspecified atom stereocenters. The largest absolute Gasteiger partial charge is 0.744 e. The number of halogens is 1. The molecule has 7 heteroatoms. The molecule has 0 fully saturated rings. The Morgan fingerprint density at radius 2 is 1.59 bits per heavy atom. The van der Waals surface area contributed by atoms with E-state index in [2.05, 4.69) is 0 Å². The lowest BCUT2D eigenvalue weighted by Crippen LogP contribution is -2.45. The van der Waals surface area contributed by atoms with Crippen LogP contribution < -0.4 is 10.5 Å². The quantitative estimate of drug-likeness (QED) is 0.372. The molecule has 0 bridgehead atoms. The van der Waals surface area contributed by atoms with Crippen molar-refractivity contribution >= 4 is 21.7 Å². The van der Waals surface area contributed by atoms with Gasteiger partial charge in [-0.05, 0) is 56.5 Å². The molecule has 0 spiro atoms. The van der Waals surface area contributed by atoms with Gasteiger partial charge in [-0.1, -0.05) is 22.4 Å². The molecule has 0 aliphatic carbocycles. The summed E-state index contributed by atoms with van der Waals surface area (Å²) in [6.45, 7) is 7.03. The Hall–Kier alpha value is -1.63. The van der Waals surface area contributed by atoms with E-state index in [0.717, 1.165) is 11.1 Å². The first kappa shape index (κ1) is 18.4. The highest BCUT2D eigenvalue weighted by molar-refractivity contribution is 7.85. The molecule has 0 saturated heterocycles. The average Bonchev–Trinajstić information content (AvgIpc) is 2.33. The highest BCUT2D eigenvalue weighted by atomic mass is 35.5. The number of hydrogen-bond donors (Lipinski definition) is 1. The molecule has 22 heavy (non-hydrogen) atoms. The molecule has 0 radical (unpaired) electrons. The van der Waals surface area contributed by atoms with Crippen molar-refractivity contribution in [2.75, 3.05) is 5.84 Å². The fourth-order valence-corrected chi connectivity index (χ4v) is 3.20. The van der Waals surface area contributed by atoms with Crippen molar-refractivity contribution in [1.29, 1.82) is 0 Å². The van der Waals surface area contributed by atoms with Crippen molar-refractivity contribution in [2.24, 2.45) is 0 Å². The third-order valence-corrected chi connectivity index (χ3v) is 4.64. The number of benzene rings is 1. The average molecular weight is 343 g/mol. The van der Waals surface area contributed by atoms with Crippen LogP contribution in [0.15, 0.2) is 35.4 Å². The molecule has 2 rings (SSSR count). The van der Waals surface area contributed by atoms with Gasteiger partial charge in [0.1, 0.15) is 10.1 Å². The van der Waals surface area contributed by atoms with Crippen LogP contribution in [0, 0.1) is 27.7 Å². The van der Waals surface area contributed by atoms with Crippen LogP contribution in [-0.4, -0.2) is 13.0 Å². The molecule has 0 aliphatic heterocycles. The van der Waals surface area contributed by atoms with E-state index in [4.69, 9.17) is 17.4 Å². The van der Waals surface area contributed by atoms with E-state index < -0.39 is 10.1 Å². The zero-order chi connectivity index (χ0) is 17.1. The Morgan fingerprint density at radius 1 is 1.09 bits per heavy atom. The third kappa shape index (κ3) is 4.69. The van der Waals surface area contributed by atoms with Crippen LogP contribution in [-0.2, 0) is 10.1 Å². The van der Waals surface area contributed by atoms with Crippen molar-refractivity contribution in [2.45, 2.75) is 32.6 Å². The van der Waals surface area contributed by atoms with E-state index in [1.807, 2.05) is 26.0 Å². The Labute approximate surface area is 136 Å². The third-order valence-electron chi connectivity index (χ3n) is 3.00. The Kier molecular flexibility index (Phi) is 5.93. The molecule has 1 aromatic heterocycles. The van der Waals surface area contributed by atoms with E-state index in [9.17, 15) is 13.0 Å². The first-order valence-electron chi connectivity index (χ1n) is 6.49. The first-order chi connectivity index (χ1) is 10.0. The maximum absolute atomic E-state index is 10.8. The molecular formula is C15H19ClN2O3S. The smallest absolute Gasteiger partial charge is 0.306 e. The molecule has 0 atom stereocenters. The predicted octanol–water partition coefficient (Wildman–Crippen LogP) is 2.17. The molecule has 2 N–H and O–H groups in total. The fourth-order valence-electron chi connectivity index (χ4n) is 2.18. The van der Waals surface area contributed by atoms with Crippen LogP contribution in [0.2, 0.25) is 5.15 Å². The van der Waals surface area contributed by atoms with E-state index >= 15 is 0 Å². The topological polar surface area (TPSA) is 87.1 Å². The zero-order valence-electron chi connectivity index (χ0n) is 12.9.